The topological polar surface area (TPSA) is 63.2 Å². The van der Waals surface area contributed by atoms with E-state index >= 15 is 0 Å². The molecule has 0 spiro atoms. The van der Waals surface area contributed by atoms with Crippen molar-refractivity contribution in [2.45, 2.75) is 50.2 Å². The van der Waals surface area contributed by atoms with Gasteiger partial charge in [-0.15, -0.1) is 0 Å². The number of sulfone groups is 1. The maximum absolute atomic E-state index is 11.9. The Morgan fingerprint density at radius 3 is 2.72 bits per heavy atom. The second-order valence-corrected chi connectivity index (χ2v) is 9.56. The Bertz CT molecular complexity index is 984. The molecular weight excluding hydrogens is 334 g/mol. The highest BCUT2D eigenvalue weighted by molar-refractivity contribution is 7.90. The quantitative estimate of drug-likeness (QED) is 0.829. The highest BCUT2D eigenvalue weighted by Gasteiger charge is 2.30. The van der Waals surface area contributed by atoms with E-state index in [0.29, 0.717) is 6.04 Å². The fourth-order valence-corrected chi connectivity index (χ4v) is 5.77. The van der Waals surface area contributed by atoms with Crippen molar-refractivity contribution < 1.29 is 8.42 Å². The van der Waals surface area contributed by atoms with Crippen LogP contribution in [0.4, 0.5) is 5.95 Å². The van der Waals surface area contributed by atoms with Gasteiger partial charge in [0.2, 0.25) is 5.95 Å². The monoisotopic (exact) mass is 355 g/mol. The van der Waals surface area contributed by atoms with Crippen LogP contribution in [0.15, 0.2) is 18.2 Å². The molecule has 0 radical (unpaired) electrons. The van der Waals surface area contributed by atoms with Crippen LogP contribution in [-0.2, 0) is 34.2 Å². The number of hydrogen-bond donors (Lipinski definition) is 0. The van der Waals surface area contributed by atoms with Gasteiger partial charge in [0.1, 0.15) is 0 Å². The smallest absolute Gasteiger partial charge is 0.226 e. The molecule has 6 heteroatoms. The van der Waals surface area contributed by atoms with E-state index in [4.69, 9.17) is 9.97 Å². The highest BCUT2D eigenvalue weighted by Crippen LogP contribution is 2.36. The van der Waals surface area contributed by atoms with Gasteiger partial charge in [0.15, 0.2) is 9.84 Å². The first-order chi connectivity index (χ1) is 12.0. The van der Waals surface area contributed by atoms with Crippen molar-refractivity contribution in [2.24, 2.45) is 0 Å². The molecule has 1 aromatic carbocycles. The van der Waals surface area contributed by atoms with Crippen LogP contribution < -0.4 is 4.90 Å². The summed E-state index contributed by atoms with van der Waals surface area (Å²) in [4.78, 5) is 12.0. The SMILES string of the molecule is CC1CCN1c1nc2c(c(-c3ccc4c(c3)CS(=O)(=O)C4)n1)CCC2. The Kier molecular flexibility index (Phi) is 3.23. The molecule has 1 aliphatic carbocycles. The summed E-state index contributed by atoms with van der Waals surface area (Å²) in [7, 11) is -2.98. The molecule has 1 unspecified atom stereocenters. The van der Waals surface area contributed by atoms with Gasteiger partial charge in [-0.3, -0.25) is 0 Å². The van der Waals surface area contributed by atoms with E-state index in [9.17, 15) is 8.42 Å². The van der Waals surface area contributed by atoms with Gasteiger partial charge in [-0.05, 0) is 49.8 Å². The van der Waals surface area contributed by atoms with Gasteiger partial charge >= 0.3 is 0 Å². The van der Waals surface area contributed by atoms with Crippen LogP contribution in [-0.4, -0.2) is 31.0 Å². The van der Waals surface area contributed by atoms with Gasteiger partial charge in [0.25, 0.3) is 0 Å². The Morgan fingerprint density at radius 1 is 1.12 bits per heavy atom. The summed E-state index contributed by atoms with van der Waals surface area (Å²) in [5.74, 6) is 1.16. The minimum atomic E-state index is -2.98. The number of aromatic nitrogens is 2. The first-order valence-corrected chi connectivity index (χ1v) is 10.8. The zero-order valence-electron chi connectivity index (χ0n) is 14.3. The minimum absolute atomic E-state index is 0.152. The number of aryl methyl sites for hydroxylation is 1. The lowest BCUT2D eigenvalue weighted by atomic mass is 10.0. The number of benzene rings is 1. The molecule has 25 heavy (non-hydrogen) atoms. The third kappa shape index (κ3) is 2.46. The predicted octanol–water partition coefficient (Wildman–Crippen LogP) is 2.66. The molecule has 2 aromatic rings. The van der Waals surface area contributed by atoms with Crippen LogP contribution in [0.1, 0.15) is 42.1 Å². The molecule has 5 nitrogen and oxygen atoms in total. The Labute approximate surface area is 148 Å². The van der Waals surface area contributed by atoms with Crippen LogP contribution in [0.2, 0.25) is 0 Å². The number of fused-ring (bicyclic) bond motifs is 2. The van der Waals surface area contributed by atoms with Crippen LogP contribution in [0.5, 0.6) is 0 Å². The summed E-state index contributed by atoms with van der Waals surface area (Å²) < 4.78 is 23.8. The highest BCUT2D eigenvalue weighted by atomic mass is 32.2. The van der Waals surface area contributed by atoms with Gasteiger partial charge < -0.3 is 4.90 Å². The first-order valence-electron chi connectivity index (χ1n) is 8.99. The second-order valence-electron chi connectivity index (χ2n) is 7.50. The molecule has 5 rings (SSSR count). The Balaban J connectivity index is 1.62. The van der Waals surface area contributed by atoms with Crippen LogP contribution >= 0.6 is 0 Å². The van der Waals surface area contributed by atoms with Crippen molar-refractivity contribution in [1.82, 2.24) is 9.97 Å². The van der Waals surface area contributed by atoms with Crippen molar-refractivity contribution in [3.05, 3.63) is 40.6 Å². The summed E-state index contributed by atoms with van der Waals surface area (Å²) in [6.07, 6.45) is 4.33. The van der Waals surface area contributed by atoms with Crippen molar-refractivity contribution in [3.63, 3.8) is 0 Å². The van der Waals surface area contributed by atoms with E-state index in [2.05, 4.69) is 11.8 Å². The molecule has 2 aliphatic heterocycles. The number of rotatable bonds is 2. The van der Waals surface area contributed by atoms with E-state index in [1.165, 1.54) is 17.7 Å². The molecule has 130 valence electrons. The van der Waals surface area contributed by atoms with E-state index in [1.54, 1.807) is 0 Å². The van der Waals surface area contributed by atoms with Crippen LogP contribution in [0, 0.1) is 0 Å². The molecule has 1 atom stereocenters. The lowest BCUT2D eigenvalue weighted by Gasteiger charge is -2.39. The molecule has 1 saturated heterocycles. The molecular formula is C19H21N3O2S. The summed E-state index contributed by atoms with van der Waals surface area (Å²) >= 11 is 0. The third-order valence-electron chi connectivity index (χ3n) is 5.73. The van der Waals surface area contributed by atoms with E-state index in [1.807, 2.05) is 18.2 Å². The maximum atomic E-state index is 11.9. The predicted molar refractivity (Wildman–Crippen MR) is 97.2 cm³/mol. The van der Waals surface area contributed by atoms with Crippen LogP contribution in [0.25, 0.3) is 11.3 Å². The van der Waals surface area contributed by atoms with Crippen molar-refractivity contribution in [3.8, 4) is 11.3 Å². The fourth-order valence-electron chi connectivity index (χ4n) is 4.17. The third-order valence-corrected chi connectivity index (χ3v) is 7.23. The largest absolute Gasteiger partial charge is 0.338 e. The number of nitrogens with zero attached hydrogens (tertiary/aromatic N) is 3. The first kappa shape index (κ1) is 15.3. The van der Waals surface area contributed by atoms with Crippen molar-refractivity contribution in [1.29, 1.82) is 0 Å². The molecule has 0 N–H and O–H groups in total. The summed E-state index contributed by atoms with van der Waals surface area (Å²) in [6.45, 7) is 3.22. The Hall–Kier alpha value is -1.95. The van der Waals surface area contributed by atoms with E-state index < -0.39 is 9.84 Å². The lowest BCUT2D eigenvalue weighted by molar-refractivity contribution is 0.470. The van der Waals surface area contributed by atoms with E-state index in [-0.39, 0.29) is 11.5 Å². The maximum Gasteiger partial charge on any atom is 0.226 e. The summed E-state index contributed by atoms with van der Waals surface area (Å²) in [6, 6.07) is 6.52. The average molecular weight is 355 g/mol. The van der Waals surface area contributed by atoms with Crippen LogP contribution in [0.3, 0.4) is 0 Å². The molecule has 0 saturated carbocycles. The lowest BCUT2D eigenvalue weighted by Crippen LogP contribution is -2.46. The van der Waals surface area contributed by atoms with Crippen molar-refractivity contribution >= 4 is 15.8 Å². The number of anilines is 1. The molecule has 1 aromatic heterocycles. The molecule has 3 aliphatic rings. The zero-order valence-corrected chi connectivity index (χ0v) is 15.1. The summed E-state index contributed by atoms with van der Waals surface area (Å²) in [5.41, 5.74) is 6.33. The average Bonchev–Trinajstić information content (AvgIpc) is 3.13. The molecule has 1 fully saturated rings. The van der Waals surface area contributed by atoms with E-state index in [0.717, 1.165) is 54.1 Å². The minimum Gasteiger partial charge on any atom is -0.338 e. The number of hydrogen-bond acceptors (Lipinski definition) is 5. The molecule has 3 heterocycles. The fraction of sp³-hybridized carbons (Fsp3) is 0.474. The normalized spacial score (nSPS) is 23.2. The van der Waals surface area contributed by atoms with Gasteiger partial charge in [0, 0.05) is 29.4 Å². The van der Waals surface area contributed by atoms with Gasteiger partial charge in [-0.1, -0.05) is 12.1 Å². The molecule has 0 bridgehead atoms. The summed E-state index contributed by atoms with van der Waals surface area (Å²) in [5, 5.41) is 0. The van der Waals surface area contributed by atoms with Crippen molar-refractivity contribution in [2.75, 3.05) is 11.4 Å². The van der Waals surface area contributed by atoms with Gasteiger partial charge in [-0.2, -0.15) is 0 Å². The zero-order chi connectivity index (χ0) is 17.2. The second kappa shape index (κ2) is 5.27. The molecule has 0 amide bonds. The van der Waals surface area contributed by atoms with Gasteiger partial charge in [-0.25, -0.2) is 18.4 Å². The standard InChI is InChI=1S/C19H21N3O2S/c1-12-7-8-22(12)19-20-17-4-2-3-16(17)18(21-19)13-5-6-14-10-25(23,24)11-15(14)9-13/h5-6,9,12H,2-4,7-8,10-11H2,1H3. The Morgan fingerprint density at radius 2 is 1.96 bits per heavy atom. The van der Waals surface area contributed by atoms with Gasteiger partial charge in [0.05, 0.1) is 17.2 Å².